The summed E-state index contributed by atoms with van der Waals surface area (Å²) in [6.07, 6.45) is 7.14. The number of esters is 1. The Morgan fingerprint density at radius 2 is 1.95 bits per heavy atom. The zero-order valence-electron chi connectivity index (χ0n) is 12.0. The highest BCUT2D eigenvalue weighted by Gasteiger charge is 2.13. The zero-order chi connectivity index (χ0) is 14.1. The Labute approximate surface area is 116 Å². The Kier molecular flexibility index (Phi) is 6.94. The van der Waals surface area contributed by atoms with E-state index in [-0.39, 0.29) is 12.1 Å². The first kappa shape index (κ1) is 15.5. The number of ether oxygens (including phenoxy) is 1. The van der Waals surface area contributed by atoms with Gasteiger partial charge in [-0.05, 0) is 37.0 Å². The van der Waals surface area contributed by atoms with E-state index in [1.165, 1.54) is 12.8 Å². The van der Waals surface area contributed by atoms with E-state index in [4.69, 9.17) is 4.74 Å². The van der Waals surface area contributed by atoms with Crippen LogP contribution in [0.15, 0.2) is 30.8 Å². The Hall–Kier alpha value is -1.57. The number of hydrogen-bond donors (Lipinski definition) is 0. The lowest BCUT2D eigenvalue weighted by Crippen LogP contribution is -2.17. The number of unbranched alkanes of at least 4 members (excludes halogenated alkanes) is 2. The largest absolute Gasteiger partial charge is 0.459 e. The van der Waals surface area contributed by atoms with Gasteiger partial charge < -0.3 is 4.74 Å². The molecule has 1 rings (SSSR count). The highest BCUT2D eigenvalue weighted by atomic mass is 16.5. The molecule has 2 nitrogen and oxygen atoms in total. The van der Waals surface area contributed by atoms with Crippen LogP contribution in [0.4, 0.5) is 0 Å². The molecule has 0 amide bonds. The number of rotatable bonds is 8. The summed E-state index contributed by atoms with van der Waals surface area (Å²) in [5, 5.41) is 0. The van der Waals surface area contributed by atoms with Crippen molar-refractivity contribution in [2.24, 2.45) is 0 Å². The molecule has 0 fully saturated rings. The predicted octanol–water partition coefficient (Wildman–Crippen LogP) is 4.85. The fourth-order valence-corrected chi connectivity index (χ4v) is 1.94. The molecule has 0 aliphatic heterocycles. The van der Waals surface area contributed by atoms with Crippen molar-refractivity contribution < 1.29 is 9.53 Å². The van der Waals surface area contributed by atoms with Crippen molar-refractivity contribution in [2.75, 3.05) is 0 Å². The molecule has 0 bridgehead atoms. The molecule has 19 heavy (non-hydrogen) atoms. The molecular formula is C17H24O2. The van der Waals surface area contributed by atoms with Crippen molar-refractivity contribution in [3.8, 4) is 0 Å². The number of carbonyl (C=O) groups is 1. The van der Waals surface area contributed by atoms with Crippen molar-refractivity contribution in [1.82, 2.24) is 0 Å². The van der Waals surface area contributed by atoms with Crippen LogP contribution in [0.5, 0.6) is 0 Å². The van der Waals surface area contributed by atoms with Crippen molar-refractivity contribution >= 4 is 12.0 Å². The molecule has 0 saturated carbocycles. The van der Waals surface area contributed by atoms with E-state index in [0.717, 1.165) is 24.8 Å². The standard InChI is InChI=1S/C17H24O2/c1-4-7-8-9-16(6-3)19-17(18)15-12-10-14(5-2)11-13-15/h5,10-13,16H,2,4,6-9H2,1,3H3. The van der Waals surface area contributed by atoms with E-state index < -0.39 is 0 Å². The topological polar surface area (TPSA) is 26.3 Å². The van der Waals surface area contributed by atoms with Gasteiger partial charge in [0.25, 0.3) is 0 Å². The van der Waals surface area contributed by atoms with Crippen LogP contribution >= 0.6 is 0 Å². The quantitative estimate of drug-likeness (QED) is 0.493. The van der Waals surface area contributed by atoms with Gasteiger partial charge in [0.05, 0.1) is 5.56 Å². The molecule has 0 heterocycles. The molecule has 0 aliphatic rings. The van der Waals surface area contributed by atoms with Crippen LogP contribution < -0.4 is 0 Å². The molecule has 1 aromatic rings. The van der Waals surface area contributed by atoms with E-state index in [0.29, 0.717) is 5.56 Å². The third-order valence-corrected chi connectivity index (χ3v) is 3.24. The smallest absolute Gasteiger partial charge is 0.338 e. The lowest BCUT2D eigenvalue weighted by atomic mass is 10.1. The summed E-state index contributed by atoms with van der Waals surface area (Å²) in [7, 11) is 0. The van der Waals surface area contributed by atoms with E-state index in [1.54, 1.807) is 18.2 Å². The molecule has 1 atom stereocenters. The van der Waals surface area contributed by atoms with Gasteiger partial charge in [-0.2, -0.15) is 0 Å². The summed E-state index contributed by atoms with van der Waals surface area (Å²) in [5.41, 5.74) is 1.62. The minimum atomic E-state index is -0.223. The molecule has 1 unspecified atom stereocenters. The SMILES string of the molecule is C=Cc1ccc(C(=O)OC(CC)CCCCC)cc1. The van der Waals surface area contributed by atoms with Gasteiger partial charge in [-0.25, -0.2) is 4.79 Å². The number of carbonyl (C=O) groups excluding carboxylic acids is 1. The Bertz CT molecular complexity index is 392. The van der Waals surface area contributed by atoms with Gasteiger partial charge in [0.1, 0.15) is 6.10 Å². The summed E-state index contributed by atoms with van der Waals surface area (Å²) >= 11 is 0. The average molecular weight is 260 g/mol. The fourth-order valence-electron chi connectivity index (χ4n) is 1.94. The Morgan fingerprint density at radius 1 is 1.26 bits per heavy atom. The average Bonchev–Trinajstić information content (AvgIpc) is 2.46. The van der Waals surface area contributed by atoms with Crippen LogP contribution in [0.3, 0.4) is 0 Å². The van der Waals surface area contributed by atoms with Gasteiger partial charge in [0, 0.05) is 0 Å². The van der Waals surface area contributed by atoms with Gasteiger partial charge in [0.2, 0.25) is 0 Å². The monoisotopic (exact) mass is 260 g/mol. The van der Waals surface area contributed by atoms with Crippen molar-refractivity contribution in [2.45, 2.75) is 52.1 Å². The van der Waals surface area contributed by atoms with Gasteiger partial charge in [-0.3, -0.25) is 0 Å². The molecule has 2 heteroatoms. The number of benzene rings is 1. The van der Waals surface area contributed by atoms with E-state index in [9.17, 15) is 4.79 Å². The van der Waals surface area contributed by atoms with E-state index in [1.807, 2.05) is 12.1 Å². The van der Waals surface area contributed by atoms with Crippen molar-refractivity contribution in [1.29, 1.82) is 0 Å². The Morgan fingerprint density at radius 3 is 2.47 bits per heavy atom. The van der Waals surface area contributed by atoms with Crippen molar-refractivity contribution in [3.05, 3.63) is 42.0 Å². The summed E-state index contributed by atoms with van der Waals surface area (Å²) in [6.45, 7) is 7.93. The summed E-state index contributed by atoms with van der Waals surface area (Å²) in [4.78, 5) is 12.0. The Balaban J connectivity index is 2.53. The van der Waals surface area contributed by atoms with E-state index in [2.05, 4.69) is 20.4 Å². The van der Waals surface area contributed by atoms with Gasteiger partial charge in [-0.1, -0.05) is 51.5 Å². The minimum absolute atomic E-state index is 0.0399. The maximum absolute atomic E-state index is 12.0. The van der Waals surface area contributed by atoms with Crippen LogP contribution in [0.1, 0.15) is 61.9 Å². The molecule has 104 valence electrons. The van der Waals surface area contributed by atoms with E-state index >= 15 is 0 Å². The van der Waals surface area contributed by atoms with Crippen LogP contribution in [0.2, 0.25) is 0 Å². The summed E-state index contributed by atoms with van der Waals surface area (Å²) < 4.78 is 5.54. The molecule has 1 aromatic carbocycles. The lowest BCUT2D eigenvalue weighted by Gasteiger charge is -2.16. The second kappa shape index (κ2) is 8.52. The normalized spacial score (nSPS) is 11.9. The van der Waals surface area contributed by atoms with Crippen LogP contribution in [-0.2, 0) is 4.74 Å². The predicted molar refractivity (Wildman–Crippen MR) is 80.2 cm³/mol. The second-order valence-corrected chi connectivity index (χ2v) is 4.76. The first-order chi connectivity index (χ1) is 9.21. The maximum Gasteiger partial charge on any atom is 0.338 e. The van der Waals surface area contributed by atoms with Gasteiger partial charge >= 0.3 is 5.97 Å². The molecule has 0 aliphatic carbocycles. The van der Waals surface area contributed by atoms with Crippen LogP contribution in [0.25, 0.3) is 6.08 Å². The summed E-state index contributed by atoms with van der Waals surface area (Å²) in [6, 6.07) is 7.33. The highest BCUT2D eigenvalue weighted by molar-refractivity contribution is 5.89. The van der Waals surface area contributed by atoms with Crippen molar-refractivity contribution in [3.63, 3.8) is 0 Å². The highest BCUT2D eigenvalue weighted by Crippen LogP contribution is 2.14. The first-order valence-corrected chi connectivity index (χ1v) is 7.14. The molecule has 0 N–H and O–H groups in total. The summed E-state index contributed by atoms with van der Waals surface area (Å²) in [5.74, 6) is -0.223. The first-order valence-electron chi connectivity index (χ1n) is 7.14. The second-order valence-electron chi connectivity index (χ2n) is 4.76. The minimum Gasteiger partial charge on any atom is -0.459 e. The molecular weight excluding hydrogens is 236 g/mol. The number of hydrogen-bond acceptors (Lipinski definition) is 2. The molecule has 0 spiro atoms. The van der Waals surface area contributed by atoms with Crippen LogP contribution in [-0.4, -0.2) is 12.1 Å². The van der Waals surface area contributed by atoms with Crippen LogP contribution in [0, 0.1) is 0 Å². The molecule has 0 aromatic heterocycles. The van der Waals surface area contributed by atoms with Gasteiger partial charge in [0.15, 0.2) is 0 Å². The maximum atomic E-state index is 12.0. The zero-order valence-corrected chi connectivity index (χ0v) is 12.0. The van der Waals surface area contributed by atoms with Gasteiger partial charge in [-0.15, -0.1) is 0 Å². The third-order valence-electron chi connectivity index (χ3n) is 3.24. The fraction of sp³-hybridized carbons (Fsp3) is 0.471. The molecule has 0 radical (unpaired) electrons. The lowest BCUT2D eigenvalue weighted by molar-refractivity contribution is 0.0267. The third kappa shape index (κ3) is 5.29. The molecule has 0 saturated heterocycles.